The van der Waals surface area contributed by atoms with Crippen LogP contribution in [0.15, 0.2) is 58.5 Å². The average Bonchev–Trinajstić information content (AvgIpc) is 3.13. The van der Waals surface area contributed by atoms with E-state index in [9.17, 15) is 18.4 Å². The molecule has 0 saturated heterocycles. The molecule has 0 atom stereocenters. The van der Waals surface area contributed by atoms with Gasteiger partial charge in [-0.25, -0.2) is 4.98 Å². The molecule has 3 nitrogen and oxygen atoms in total. The number of hydrogen-bond donors (Lipinski definition) is 1. The molecule has 0 unspecified atom stereocenters. The van der Waals surface area contributed by atoms with Gasteiger partial charge in [0.2, 0.25) is 0 Å². The molecule has 0 fully saturated rings. The van der Waals surface area contributed by atoms with E-state index < -0.39 is 11.7 Å². The van der Waals surface area contributed by atoms with Crippen LogP contribution in [-0.4, -0.2) is 4.98 Å². The fourth-order valence-corrected chi connectivity index (χ4v) is 3.55. The predicted octanol–water partition coefficient (Wildman–Crippen LogP) is 7.22. The van der Waals surface area contributed by atoms with Crippen LogP contribution < -0.4 is 5.32 Å². The van der Waals surface area contributed by atoms with Crippen molar-refractivity contribution in [2.75, 3.05) is 5.32 Å². The SMILES string of the molecule is N#CC(=CNc1ccc(Cl)cc1C(F)(F)F)c1nc(-c2ccc(Br)cc2)cs1. The standard InChI is InChI=1S/C19H10BrClF3N3S/c20-13-3-1-11(2-4-13)17-10-28-18(27-17)12(8-25)9-26-16-6-5-14(21)7-15(16)19(22,23)24/h1-7,9-10,26H. The number of thiazole rings is 1. The molecule has 1 N–H and O–H groups in total. The van der Waals surface area contributed by atoms with Crippen molar-refractivity contribution in [2.45, 2.75) is 6.18 Å². The monoisotopic (exact) mass is 483 g/mol. The molecule has 0 aliphatic carbocycles. The van der Waals surface area contributed by atoms with Gasteiger partial charge >= 0.3 is 6.18 Å². The molecule has 1 heterocycles. The van der Waals surface area contributed by atoms with Gasteiger partial charge in [0.25, 0.3) is 0 Å². The smallest absolute Gasteiger partial charge is 0.360 e. The Morgan fingerprint density at radius 2 is 1.93 bits per heavy atom. The van der Waals surface area contributed by atoms with Gasteiger partial charge in [0.15, 0.2) is 0 Å². The molecule has 142 valence electrons. The molecule has 0 saturated carbocycles. The molecule has 0 bridgehead atoms. The van der Waals surface area contributed by atoms with Gasteiger partial charge in [-0.1, -0.05) is 39.7 Å². The highest BCUT2D eigenvalue weighted by atomic mass is 79.9. The first-order valence-corrected chi connectivity index (χ1v) is 9.78. The van der Waals surface area contributed by atoms with E-state index in [1.807, 2.05) is 30.3 Å². The third-order valence-electron chi connectivity index (χ3n) is 3.65. The van der Waals surface area contributed by atoms with Crippen molar-refractivity contribution < 1.29 is 13.2 Å². The number of allylic oxidation sites excluding steroid dienone is 1. The summed E-state index contributed by atoms with van der Waals surface area (Å²) in [6, 6.07) is 12.8. The molecule has 0 radical (unpaired) electrons. The second-order valence-corrected chi connectivity index (χ2v) is 7.76. The number of rotatable bonds is 4. The number of anilines is 1. The number of nitrogens with zero attached hydrogens (tertiary/aromatic N) is 2. The zero-order valence-corrected chi connectivity index (χ0v) is 17.0. The highest BCUT2D eigenvalue weighted by molar-refractivity contribution is 9.10. The second kappa shape index (κ2) is 8.35. The minimum Gasteiger partial charge on any atom is -0.360 e. The van der Waals surface area contributed by atoms with Crippen molar-refractivity contribution in [1.29, 1.82) is 5.26 Å². The molecule has 0 aliphatic heterocycles. The summed E-state index contributed by atoms with van der Waals surface area (Å²) in [7, 11) is 0. The fourth-order valence-electron chi connectivity index (χ4n) is 2.32. The van der Waals surface area contributed by atoms with E-state index in [2.05, 4.69) is 26.2 Å². The summed E-state index contributed by atoms with van der Waals surface area (Å²) < 4.78 is 40.5. The minimum absolute atomic E-state index is 0.0265. The van der Waals surface area contributed by atoms with Crippen molar-refractivity contribution in [2.24, 2.45) is 0 Å². The Balaban J connectivity index is 1.88. The number of halogens is 5. The van der Waals surface area contributed by atoms with Crippen LogP contribution >= 0.6 is 38.9 Å². The fraction of sp³-hybridized carbons (Fsp3) is 0.0526. The van der Waals surface area contributed by atoms with Gasteiger partial charge < -0.3 is 5.32 Å². The van der Waals surface area contributed by atoms with Crippen LogP contribution in [0.1, 0.15) is 10.6 Å². The van der Waals surface area contributed by atoms with Crippen molar-refractivity contribution >= 4 is 50.1 Å². The first-order chi connectivity index (χ1) is 13.3. The molecular weight excluding hydrogens is 475 g/mol. The summed E-state index contributed by atoms with van der Waals surface area (Å²) in [5.41, 5.74) is 0.554. The largest absolute Gasteiger partial charge is 0.418 e. The molecule has 9 heteroatoms. The number of benzene rings is 2. The molecule has 0 aliphatic rings. The summed E-state index contributed by atoms with van der Waals surface area (Å²) in [4.78, 5) is 4.41. The summed E-state index contributed by atoms with van der Waals surface area (Å²) in [6.45, 7) is 0. The third-order valence-corrected chi connectivity index (χ3v) is 5.29. The van der Waals surface area contributed by atoms with E-state index in [0.717, 1.165) is 16.1 Å². The number of hydrogen-bond acceptors (Lipinski definition) is 4. The Kier molecular flexibility index (Phi) is 6.08. The van der Waals surface area contributed by atoms with E-state index in [1.165, 1.54) is 29.7 Å². The molecule has 0 amide bonds. The molecule has 1 aromatic heterocycles. The topological polar surface area (TPSA) is 48.7 Å². The van der Waals surface area contributed by atoms with Crippen LogP contribution in [0.4, 0.5) is 18.9 Å². The lowest BCUT2D eigenvalue weighted by molar-refractivity contribution is -0.136. The van der Waals surface area contributed by atoms with Gasteiger partial charge in [0.1, 0.15) is 16.6 Å². The minimum atomic E-state index is -4.58. The number of nitriles is 1. The van der Waals surface area contributed by atoms with E-state index in [1.54, 1.807) is 5.38 Å². The lowest BCUT2D eigenvalue weighted by atomic mass is 10.1. The number of nitrogens with one attached hydrogen (secondary N) is 1. The Labute approximate surface area is 176 Å². The summed E-state index contributed by atoms with van der Waals surface area (Å²) in [5.74, 6) is 0. The van der Waals surface area contributed by atoms with Crippen molar-refractivity contribution in [1.82, 2.24) is 4.98 Å². The van der Waals surface area contributed by atoms with Gasteiger partial charge in [-0.3, -0.25) is 0 Å². The molecule has 3 aromatic rings. The van der Waals surface area contributed by atoms with E-state index >= 15 is 0 Å². The van der Waals surface area contributed by atoms with E-state index in [4.69, 9.17) is 11.6 Å². The molecule has 0 spiro atoms. The van der Waals surface area contributed by atoms with Gasteiger partial charge in [-0.2, -0.15) is 18.4 Å². The lowest BCUT2D eigenvalue weighted by Gasteiger charge is -2.13. The summed E-state index contributed by atoms with van der Waals surface area (Å²) >= 11 is 10.3. The van der Waals surface area contributed by atoms with Gasteiger partial charge in [0.05, 0.1) is 16.9 Å². The maximum atomic E-state index is 13.2. The Morgan fingerprint density at radius 1 is 1.21 bits per heavy atom. The van der Waals surface area contributed by atoms with Crippen LogP contribution in [0.25, 0.3) is 16.8 Å². The predicted molar refractivity (Wildman–Crippen MR) is 109 cm³/mol. The van der Waals surface area contributed by atoms with Crippen molar-refractivity contribution in [3.63, 3.8) is 0 Å². The van der Waals surface area contributed by atoms with Crippen LogP contribution in [-0.2, 0) is 6.18 Å². The van der Waals surface area contributed by atoms with Crippen LogP contribution in [0, 0.1) is 11.3 Å². The highest BCUT2D eigenvalue weighted by Crippen LogP contribution is 2.37. The zero-order chi connectivity index (χ0) is 20.3. The highest BCUT2D eigenvalue weighted by Gasteiger charge is 2.33. The Morgan fingerprint density at radius 3 is 2.57 bits per heavy atom. The molecule has 28 heavy (non-hydrogen) atoms. The Hall–Kier alpha value is -2.34. The Bertz CT molecular complexity index is 1070. The van der Waals surface area contributed by atoms with Gasteiger partial charge in [-0.15, -0.1) is 11.3 Å². The van der Waals surface area contributed by atoms with Crippen LogP contribution in [0.5, 0.6) is 0 Å². The normalized spacial score (nSPS) is 11.9. The summed E-state index contributed by atoms with van der Waals surface area (Å²) in [5, 5.41) is 14.1. The van der Waals surface area contributed by atoms with Gasteiger partial charge in [0, 0.05) is 26.6 Å². The molecule has 3 rings (SSSR count). The summed E-state index contributed by atoms with van der Waals surface area (Å²) in [6.07, 6.45) is -3.37. The first kappa shape index (κ1) is 20.4. The van der Waals surface area contributed by atoms with Crippen molar-refractivity contribution in [3.05, 3.63) is 74.1 Å². The van der Waals surface area contributed by atoms with Crippen LogP contribution in [0.2, 0.25) is 5.02 Å². The second-order valence-electron chi connectivity index (χ2n) is 5.55. The first-order valence-electron chi connectivity index (χ1n) is 7.73. The lowest BCUT2D eigenvalue weighted by Crippen LogP contribution is -2.08. The number of alkyl halides is 3. The quantitative estimate of drug-likeness (QED) is 0.398. The van der Waals surface area contributed by atoms with E-state index in [0.29, 0.717) is 10.7 Å². The van der Waals surface area contributed by atoms with E-state index in [-0.39, 0.29) is 16.3 Å². The molecular formula is C19H10BrClF3N3S. The maximum Gasteiger partial charge on any atom is 0.418 e. The van der Waals surface area contributed by atoms with Gasteiger partial charge in [-0.05, 0) is 30.3 Å². The maximum absolute atomic E-state index is 13.2. The third kappa shape index (κ3) is 4.73. The molecule has 2 aromatic carbocycles. The average molecular weight is 485 g/mol. The number of aromatic nitrogens is 1. The van der Waals surface area contributed by atoms with Crippen molar-refractivity contribution in [3.8, 4) is 17.3 Å². The zero-order valence-electron chi connectivity index (χ0n) is 13.9. The van der Waals surface area contributed by atoms with Crippen LogP contribution in [0.3, 0.4) is 0 Å².